The van der Waals surface area contributed by atoms with E-state index in [2.05, 4.69) is 22.5 Å². The molecule has 186 valence electrons. The summed E-state index contributed by atoms with van der Waals surface area (Å²) in [7, 11) is 0. The number of fused-ring (bicyclic) bond motifs is 1. The molecule has 1 unspecified atom stereocenters. The molecule has 3 N–H and O–H groups in total. The molecule has 5 amide bonds. The van der Waals surface area contributed by atoms with Gasteiger partial charge in [-0.25, -0.2) is 0 Å². The maximum Gasteiger partial charge on any atom is 0.264 e. The predicted molar refractivity (Wildman–Crippen MR) is 130 cm³/mol. The fourth-order valence-electron chi connectivity index (χ4n) is 4.87. The molecule has 1 aromatic rings. The van der Waals surface area contributed by atoms with Crippen LogP contribution in [0.1, 0.15) is 84.9 Å². The Kier molecular flexibility index (Phi) is 7.63. The fraction of sp³-hybridized carbons (Fsp3) is 0.500. The van der Waals surface area contributed by atoms with Gasteiger partial charge in [0.15, 0.2) is 0 Å². The zero-order valence-electron chi connectivity index (χ0n) is 19.9. The van der Waals surface area contributed by atoms with Gasteiger partial charge in [-0.2, -0.15) is 0 Å². The summed E-state index contributed by atoms with van der Waals surface area (Å²) in [5.41, 5.74) is 2.33. The van der Waals surface area contributed by atoms with Crippen molar-refractivity contribution in [1.82, 2.24) is 15.5 Å². The van der Waals surface area contributed by atoms with Gasteiger partial charge in [0.25, 0.3) is 11.8 Å². The van der Waals surface area contributed by atoms with Crippen LogP contribution in [0.2, 0.25) is 0 Å². The quantitative estimate of drug-likeness (QED) is 0.254. The summed E-state index contributed by atoms with van der Waals surface area (Å²) in [6.07, 6.45) is 7.33. The lowest BCUT2D eigenvalue weighted by Crippen LogP contribution is -2.54. The van der Waals surface area contributed by atoms with Crippen molar-refractivity contribution in [3.8, 4) is 0 Å². The number of imide groups is 2. The highest BCUT2D eigenvalue weighted by molar-refractivity contribution is 6.25. The van der Waals surface area contributed by atoms with Crippen LogP contribution < -0.4 is 16.0 Å². The Bertz CT molecular complexity index is 1060. The SMILES string of the molecule is C=C1CC(NC(=O)CCCCCCCNc2cccc3c2C(=O)N(C2CCC(=O)NC2=O)C3=O)C1. The Balaban J connectivity index is 1.19. The minimum absolute atomic E-state index is 0.0935. The number of rotatable bonds is 11. The molecule has 35 heavy (non-hydrogen) atoms. The lowest BCUT2D eigenvalue weighted by atomic mass is 9.88. The van der Waals surface area contributed by atoms with Gasteiger partial charge in [-0.1, -0.05) is 37.5 Å². The van der Waals surface area contributed by atoms with E-state index in [0.29, 0.717) is 18.7 Å². The molecular formula is C26H32N4O5. The van der Waals surface area contributed by atoms with Gasteiger partial charge in [0.05, 0.1) is 11.1 Å². The molecule has 2 aliphatic heterocycles. The van der Waals surface area contributed by atoms with Crippen LogP contribution in [0.15, 0.2) is 30.4 Å². The molecule has 0 aromatic heterocycles. The van der Waals surface area contributed by atoms with E-state index in [1.807, 2.05) is 0 Å². The molecule has 1 saturated carbocycles. The molecule has 4 rings (SSSR count). The topological polar surface area (TPSA) is 125 Å². The number of anilines is 1. The Morgan fingerprint density at radius 1 is 1.03 bits per heavy atom. The standard InChI is InChI=1S/C26H32N4O5/c1-16-14-17(15-16)28-21(31)10-5-3-2-4-6-13-27-19-9-7-8-18-23(19)26(35)30(25(18)34)20-11-12-22(32)29-24(20)33/h7-9,17,20,27H,1-6,10-15H2,(H,28,31)(H,29,32,33). The molecule has 9 nitrogen and oxygen atoms in total. The molecule has 2 fully saturated rings. The highest BCUT2D eigenvalue weighted by Crippen LogP contribution is 2.32. The van der Waals surface area contributed by atoms with Gasteiger partial charge in [-0.05, 0) is 44.2 Å². The number of hydrogen-bond acceptors (Lipinski definition) is 6. The van der Waals surface area contributed by atoms with Crippen LogP contribution in [0.4, 0.5) is 5.69 Å². The van der Waals surface area contributed by atoms with Crippen molar-refractivity contribution in [3.05, 3.63) is 41.5 Å². The van der Waals surface area contributed by atoms with E-state index in [-0.39, 0.29) is 35.9 Å². The Morgan fingerprint density at radius 3 is 2.51 bits per heavy atom. The summed E-state index contributed by atoms with van der Waals surface area (Å²) >= 11 is 0. The fourth-order valence-corrected chi connectivity index (χ4v) is 4.87. The number of hydrogen-bond donors (Lipinski definition) is 3. The normalized spacial score (nSPS) is 19.9. The molecule has 0 bridgehead atoms. The smallest absolute Gasteiger partial charge is 0.264 e. The number of carbonyl (C=O) groups excluding carboxylic acids is 5. The molecule has 1 aromatic carbocycles. The second kappa shape index (κ2) is 10.8. The number of nitrogens with zero attached hydrogens (tertiary/aromatic N) is 1. The second-order valence-electron chi connectivity index (χ2n) is 9.54. The van der Waals surface area contributed by atoms with E-state index in [1.165, 1.54) is 5.57 Å². The van der Waals surface area contributed by atoms with E-state index in [0.717, 1.165) is 49.8 Å². The number of unbranched alkanes of at least 4 members (excludes halogenated alkanes) is 4. The second-order valence-corrected chi connectivity index (χ2v) is 9.54. The first-order valence-corrected chi connectivity index (χ1v) is 12.4. The van der Waals surface area contributed by atoms with Crippen molar-refractivity contribution in [3.63, 3.8) is 0 Å². The van der Waals surface area contributed by atoms with Gasteiger partial charge in [-0.3, -0.25) is 34.2 Å². The summed E-state index contributed by atoms with van der Waals surface area (Å²) < 4.78 is 0. The van der Waals surface area contributed by atoms with Crippen LogP contribution in [0.3, 0.4) is 0 Å². The number of carbonyl (C=O) groups is 5. The number of piperidine rings is 1. The summed E-state index contributed by atoms with van der Waals surface area (Å²) in [6, 6.07) is 4.37. The summed E-state index contributed by atoms with van der Waals surface area (Å²) in [6.45, 7) is 4.53. The first kappa shape index (κ1) is 24.6. The van der Waals surface area contributed by atoms with E-state index in [4.69, 9.17) is 0 Å². The minimum atomic E-state index is -0.969. The third kappa shape index (κ3) is 5.61. The highest BCUT2D eigenvalue weighted by Gasteiger charge is 2.45. The molecule has 1 saturated heterocycles. The zero-order chi connectivity index (χ0) is 24.9. The molecule has 1 atom stereocenters. The van der Waals surface area contributed by atoms with Crippen molar-refractivity contribution in [2.24, 2.45) is 0 Å². The Morgan fingerprint density at radius 2 is 1.77 bits per heavy atom. The lowest BCUT2D eigenvalue weighted by molar-refractivity contribution is -0.136. The van der Waals surface area contributed by atoms with Crippen molar-refractivity contribution in [2.45, 2.75) is 76.3 Å². The Hall–Kier alpha value is -3.49. The van der Waals surface area contributed by atoms with Gasteiger partial charge >= 0.3 is 0 Å². The zero-order valence-corrected chi connectivity index (χ0v) is 19.9. The third-order valence-electron chi connectivity index (χ3n) is 6.80. The monoisotopic (exact) mass is 480 g/mol. The molecule has 3 aliphatic rings. The highest BCUT2D eigenvalue weighted by atomic mass is 16.2. The third-order valence-corrected chi connectivity index (χ3v) is 6.80. The van der Waals surface area contributed by atoms with Crippen LogP contribution in [-0.4, -0.2) is 53.1 Å². The average Bonchev–Trinajstić information content (AvgIpc) is 3.05. The van der Waals surface area contributed by atoms with Gasteiger partial charge < -0.3 is 10.6 Å². The molecule has 1 aliphatic carbocycles. The summed E-state index contributed by atoms with van der Waals surface area (Å²) in [4.78, 5) is 62.5. The Labute approximate surface area is 204 Å². The molecule has 9 heteroatoms. The largest absolute Gasteiger partial charge is 0.384 e. The van der Waals surface area contributed by atoms with Crippen LogP contribution in [0.5, 0.6) is 0 Å². The van der Waals surface area contributed by atoms with Crippen molar-refractivity contribution in [2.75, 3.05) is 11.9 Å². The summed E-state index contributed by atoms with van der Waals surface area (Å²) in [5, 5.41) is 8.50. The summed E-state index contributed by atoms with van der Waals surface area (Å²) in [5.74, 6) is -1.90. The first-order valence-electron chi connectivity index (χ1n) is 12.4. The number of benzene rings is 1. The maximum absolute atomic E-state index is 13.1. The van der Waals surface area contributed by atoms with Crippen molar-refractivity contribution < 1.29 is 24.0 Å². The van der Waals surface area contributed by atoms with Crippen molar-refractivity contribution >= 4 is 35.2 Å². The van der Waals surface area contributed by atoms with Gasteiger partial charge in [-0.15, -0.1) is 0 Å². The molecule has 0 spiro atoms. The van der Waals surface area contributed by atoms with Crippen LogP contribution in [0.25, 0.3) is 0 Å². The van der Waals surface area contributed by atoms with E-state index < -0.39 is 29.7 Å². The van der Waals surface area contributed by atoms with E-state index in [1.54, 1.807) is 18.2 Å². The average molecular weight is 481 g/mol. The van der Waals surface area contributed by atoms with E-state index >= 15 is 0 Å². The first-order chi connectivity index (χ1) is 16.8. The molecular weight excluding hydrogens is 448 g/mol. The molecule has 0 radical (unpaired) electrons. The van der Waals surface area contributed by atoms with Gasteiger partial charge in [0, 0.05) is 31.1 Å². The predicted octanol–water partition coefficient (Wildman–Crippen LogP) is 2.68. The van der Waals surface area contributed by atoms with Crippen LogP contribution in [-0.2, 0) is 14.4 Å². The van der Waals surface area contributed by atoms with Gasteiger partial charge in [0.1, 0.15) is 6.04 Å². The van der Waals surface area contributed by atoms with Crippen LogP contribution in [0, 0.1) is 0 Å². The minimum Gasteiger partial charge on any atom is -0.384 e. The maximum atomic E-state index is 13.1. The van der Waals surface area contributed by atoms with Crippen molar-refractivity contribution in [1.29, 1.82) is 0 Å². The van der Waals surface area contributed by atoms with E-state index in [9.17, 15) is 24.0 Å². The molecule has 2 heterocycles. The van der Waals surface area contributed by atoms with Gasteiger partial charge in [0.2, 0.25) is 17.7 Å². The lowest BCUT2D eigenvalue weighted by Gasteiger charge is -2.29. The number of amides is 5. The van der Waals surface area contributed by atoms with Crippen LogP contribution >= 0.6 is 0 Å². The number of nitrogens with one attached hydrogen (secondary N) is 3.